The summed E-state index contributed by atoms with van der Waals surface area (Å²) in [6, 6.07) is 3.88. The minimum atomic E-state index is -0.0397. The van der Waals surface area contributed by atoms with Gasteiger partial charge in [0.15, 0.2) is 12.3 Å². The third-order valence-electron chi connectivity index (χ3n) is 6.18. The van der Waals surface area contributed by atoms with Gasteiger partial charge >= 0.3 is 0 Å². The molecular weight excluding hydrogens is 360 g/mol. The van der Waals surface area contributed by atoms with E-state index < -0.39 is 0 Å². The molecule has 28 heavy (non-hydrogen) atoms. The first-order chi connectivity index (χ1) is 13.6. The first kappa shape index (κ1) is 17.4. The Morgan fingerprint density at radius 3 is 3.00 bits per heavy atom. The van der Waals surface area contributed by atoms with E-state index in [1.807, 2.05) is 4.90 Å². The minimum Gasteiger partial charge on any atom is -0.467 e. The molecule has 2 aliphatic heterocycles. The predicted octanol–water partition coefficient (Wildman–Crippen LogP) is 0.897. The molecule has 1 spiro atoms. The van der Waals surface area contributed by atoms with Crippen LogP contribution in [0.2, 0.25) is 0 Å². The molecule has 2 amide bonds. The fourth-order valence-corrected chi connectivity index (χ4v) is 4.53. The first-order valence-corrected chi connectivity index (χ1v) is 9.99. The van der Waals surface area contributed by atoms with Crippen LogP contribution in [0.3, 0.4) is 0 Å². The molecule has 9 heteroatoms. The van der Waals surface area contributed by atoms with Gasteiger partial charge in [-0.1, -0.05) is 0 Å². The van der Waals surface area contributed by atoms with Crippen molar-refractivity contribution in [1.29, 1.82) is 0 Å². The van der Waals surface area contributed by atoms with E-state index in [-0.39, 0.29) is 23.8 Å². The lowest BCUT2D eigenvalue weighted by molar-refractivity contribution is -0.144. The molecule has 9 nitrogen and oxygen atoms in total. The molecule has 3 fully saturated rings. The first-order valence-electron chi connectivity index (χ1n) is 9.99. The molecular formula is C19H24N6O3. The van der Waals surface area contributed by atoms with Gasteiger partial charge in [-0.2, -0.15) is 4.52 Å². The second-order valence-corrected chi connectivity index (χ2v) is 8.27. The molecule has 3 aliphatic rings. The van der Waals surface area contributed by atoms with E-state index in [1.165, 1.54) is 10.8 Å². The summed E-state index contributed by atoms with van der Waals surface area (Å²) in [5, 5.41) is 11.9. The van der Waals surface area contributed by atoms with E-state index in [1.54, 1.807) is 12.1 Å². The van der Waals surface area contributed by atoms with Crippen molar-refractivity contribution in [1.82, 2.24) is 29.6 Å². The molecule has 1 aliphatic carbocycles. The quantitative estimate of drug-likeness (QED) is 0.778. The number of hydrogen-bond donors (Lipinski definition) is 0. The smallest absolute Gasteiger partial charge is 0.260 e. The van der Waals surface area contributed by atoms with Gasteiger partial charge in [0.25, 0.3) is 5.91 Å². The Morgan fingerprint density at radius 2 is 2.14 bits per heavy atom. The number of likely N-dealkylation sites (tertiary alicyclic amines) is 2. The van der Waals surface area contributed by atoms with E-state index in [2.05, 4.69) is 20.2 Å². The normalized spacial score (nSPS) is 25.5. The highest BCUT2D eigenvalue weighted by molar-refractivity contribution is 5.79. The van der Waals surface area contributed by atoms with Gasteiger partial charge in [0.05, 0.1) is 0 Å². The van der Waals surface area contributed by atoms with Crippen LogP contribution in [-0.4, -0.2) is 73.7 Å². The zero-order valence-electron chi connectivity index (χ0n) is 15.8. The number of carbonyl (C=O) groups excluding carboxylic acids is 2. The second-order valence-electron chi connectivity index (χ2n) is 8.27. The number of nitrogens with zero attached hydrogens (tertiary/aromatic N) is 6. The van der Waals surface area contributed by atoms with Gasteiger partial charge < -0.3 is 14.5 Å². The van der Waals surface area contributed by atoms with Crippen LogP contribution >= 0.6 is 0 Å². The lowest BCUT2D eigenvalue weighted by Crippen LogP contribution is -2.56. The van der Waals surface area contributed by atoms with Crippen molar-refractivity contribution in [3.8, 4) is 5.88 Å². The topological polar surface area (TPSA) is 92.9 Å². The number of amides is 2. The number of ether oxygens (including phenoxy) is 1. The van der Waals surface area contributed by atoms with Crippen LogP contribution in [0.25, 0.3) is 5.65 Å². The van der Waals surface area contributed by atoms with Crippen LogP contribution in [0.5, 0.6) is 5.88 Å². The summed E-state index contributed by atoms with van der Waals surface area (Å²) in [6.07, 6.45) is 7.30. The van der Waals surface area contributed by atoms with Crippen LogP contribution in [-0.2, 0) is 9.59 Å². The maximum atomic E-state index is 12.8. The van der Waals surface area contributed by atoms with E-state index in [0.29, 0.717) is 30.5 Å². The van der Waals surface area contributed by atoms with Gasteiger partial charge in [-0.05, 0) is 38.2 Å². The van der Waals surface area contributed by atoms with Crippen molar-refractivity contribution in [3.63, 3.8) is 0 Å². The molecule has 1 unspecified atom stereocenters. The van der Waals surface area contributed by atoms with Crippen LogP contribution in [0, 0.1) is 5.41 Å². The lowest BCUT2D eigenvalue weighted by Gasteiger charge is -2.48. The Labute approximate surface area is 162 Å². The van der Waals surface area contributed by atoms with Crippen molar-refractivity contribution in [2.45, 2.75) is 44.6 Å². The summed E-state index contributed by atoms with van der Waals surface area (Å²) in [4.78, 5) is 29.0. The second kappa shape index (κ2) is 6.72. The zero-order valence-corrected chi connectivity index (χ0v) is 15.8. The Morgan fingerprint density at radius 1 is 1.25 bits per heavy atom. The Kier molecular flexibility index (Phi) is 4.17. The monoisotopic (exact) mass is 384 g/mol. The van der Waals surface area contributed by atoms with Gasteiger partial charge in [0.1, 0.15) is 6.33 Å². The maximum absolute atomic E-state index is 12.8. The van der Waals surface area contributed by atoms with Crippen LogP contribution in [0.1, 0.15) is 38.5 Å². The van der Waals surface area contributed by atoms with Crippen molar-refractivity contribution in [2.75, 3.05) is 26.2 Å². The number of hydrogen-bond acceptors (Lipinski definition) is 6. The van der Waals surface area contributed by atoms with E-state index in [4.69, 9.17) is 4.74 Å². The summed E-state index contributed by atoms with van der Waals surface area (Å²) in [7, 11) is 0. The lowest BCUT2D eigenvalue weighted by atomic mass is 9.73. The molecule has 2 saturated heterocycles. The molecule has 1 atom stereocenters. The fraction of sp³-hybridized carbons (Fsp3) is 0.632. The Bertz CT molecular complexity index is 910. The van der Waals surface area contributed by atoms with Gasteiger partial charge in [-0.25, -0.2) is 0 Å². The Balaban J connectivity index is 1.22. The fourth-order valence-electron chi connectivity index (χ4n) is 4.53. The van der Waals surface area contributed by atoms with Gasteiger partial charge in [0.2, 0.25) is 11.8 Å². The summed E-state index contributed by atoms with van der Waals surface area (Å²) in [5.74, 6) is 0.630. The molecule has 1 saturated carbocycles. The van der Waals surface area contributed by atoms with Crippen LogP contribution < -0.4 is 4.74 Å². The molecule has 0 N–H and O–H groups in total. The van der Waals surface area contributed by atoms with Crippen LogP contribution in [0.4, 0.5) is 0 Å². The number of rotatable bonds is 4. The SMILES string of the molecule is O=C(COc1ccc2nncn2n1)N1CCCC2(CCC(=O)N(C3CC3)C2)C1. The molecule has 2 aromatic heterocycles. The van der Waals surface area contributed by atoms with Crippen molar-refractivity contribution in [2.24, 2.45) is 5.41 Å². The highest BCUT2D eigenvalue weighted by Crippen LogP contribution is 2.42. The van der Waals surface area contributed by atoms with Gasteiger partial charge in [-0.15, -0.1) is 15.3 Å². The standard InChI is InChI=1S/C19H24N6O3/c26-17-6-8-19(12-24(17)14-2-3-14)7-1-9-23(11-19)18(27)10-28-16-5-4-15-21-20-13-25(15)22-16/h4-5,13-14H,1-3,6-12H2. The predicted molar refractivity (Wildman–Crippen MR) is 98.5 cm³/mol. The summed E-state index contributed by atoms with van der Waals surface area (Å²) in [5.41, 5.74) is 0.674. The van der Waals surface area contributed by atoms with Crippen LogP contribution in [0.15, 0.2) is 18.5 Å². The third kappa shape index (κ3) is 3.29. The third-order valence-corrected chi connectivity index (χ3v) is 6.18. The maximum Gasteiger partial charge on any atom is 0.260 e. The van der Waals surface area contributed by atoms with Crippen molar-refractivity contribution in [3.05, 3.63) is 18.5 Å². The average molecular weight is 384 g/mol. The minimum absolute atomic E-state index is 0.0281. The largest absolute Gasteiger partial charge is 0.467 e. The zero-order chi connectivity index (χ0) is 19.1. The number of carbonyl (C=O) groups is 2. The summed E-state index contributed by atoms with van der Waals surface area (Å²) < 4.78 is 7.13. The molecule has 4 heterocycles. The van der Waals surface area contributed by atoms with E-state index >= 15 is 0 Å². The number of piperidine rings is 2. The van der Waals surface area contributed by atoms with Gasteiger partial charge in [0, 0.05) is 43.6 Å². The molecule has 0 bridgehead atoms. The van der Waals surface area contributed by atoms with Crippen molar-refractivity contribution >= 4 is 17.5 Å². The highest BCUT2D eigenvalue weighted by atomic mass is 16.5. The summed E-state index contributed by atoms with van der Waals surface area (Å²) in [6.45, 7) is 2.22. The van der Waals surface area contributed by atoms with E-state index in [9.17, 15) is 9.59 Å². The van der Waals surface area contributed by atoms with Crippen molar-refractivity contribution < 1.29 is 14.3 Å². The number of fused-ring (bicyclic) bond motifs is 1. The summed E-state index contributed by atoms with van der Waals surface area (Å²) >= 11 is 0. The van der Waals surface area contributed by atoms with E-state index in [0.717, 1.165) is 45.2 Å². The van der Waals surface area contributed by atoms with Gasteiger partial charge in [-0.3, -0.25) is 9.59 Å². The Hall–Kier alpha value is -2.71. The highest BCUT2D eigenvalue weighted by Gasteiger charge is 2.46. The average Bonchev–Trinajstić information content (AvgIpc) is 3.45. The number of aromatic nitrogens is 4. The molecule has 148 valence electrons. The molecule has 5 rings (SSSR count). The molecule has 0 radical (unpaired) electrons. The molecule has 2 aromatic rings. The molecule has 0 aromatic carbocycles.